The van der Waals surface area contributed by atoms with E-state index in [0.717, 1.165) is 33.1 Å². The molecule has 0 fully saturated rings. The Balaban J connectivity index is 0.911. The maximum Gasteiger partial charge on any atom is 0.124 e. The molecular formula is C55H34N2S3. The fraction of sp³-hybridized carbons (Fsp3) is 0. The molecule has 5 heteroatoms. The number of thiophene rings is 2. The molecule has 0 saturated heterocycles. The molecule has 9 aromatic carbocycles. The summed E-state index contributed by atoms with van der Waals surface area (Å²) in [6.45, 7) is 0. The van der Waals surface area contributed by atoms with E-state index in [-0.39, 0.29) is 0 Å². The molecule has 0 aliphatic heterocycles. The molecule has 0 N–H and O–H groups in total. The summed E-state index contributed by atoms with van der Waals surface area (Å²) in [5, 5.41) is 6.24. The van der Waals surface area contributed by atoms with Crippen LogP contribution in [0.3, 0.4) is 0 Å². The normalized spacial score (nSPS) is 11.7. The number of nitrogens with zero attached hydrogens (tertiary/aromatic N) is 2. The molecule has 282 valence electrons. The Kier molecular flexibility index (Phi) is 8.44. The summed E-state index contributed by atoms with van der Waals surface area (Å²) in [5.41, 5.74) is 12.9. The van der Waals surface area contributed by atoms with Crippen molar-refractivity contribution in [1.29, 1.82) is 0 Å². The molecule has 12 rings (SSSR count). The highest BCUT2D eigenvalue weighted by molar-refractivity contribution is 7.27. The molecule has 0 atom stereocenters. The van der Waals surface area contributed by atoms with Gasteiger partial charge >= 0.3 is 0 Å². The molecule has 12 aromatic rings. The Morgan fingerprint density at radius 3 is 1.55 bits per heavy atom. The highest BCUT2D eigenvalue weighted by Crippen LogP contribution is 2.44. The Morgan fingerprint density at radius 2 is 0.833 bits per heavy atom. The van der Waals surface area contributed by atoms with Crippen molar-refractivity contribution < 1.29 is 0 Å². The second kappa shape index (κ2) is 14.4. The van der Waals surface area contributed by atoms with Gasteiger partial charge in [-0.2, -0.15) is 0 Å². The van der Waals surface area contributed by atoms with E-state index in [2.05, 4.69) is 211 Å². The van der Waals surface area contributed by atoms with Crippen LogP contribution in [0.4, 0.5) is 17.1 Å². The molecular weight excluding hydrogens is 785 g/mol. The average molecular weight is 819 g/mol. The fourth-order valence-electron chi connectivity index (χ4n) is 8.63. The van der Waals surface area contributed by atoms with Crippen molar-refractivity contribution in [2.45, 2.75) is 0 Å². The summed E-state index contributed by atoms with van der Waals surface area (Å²) in [6, 6.07) is 75.0. The van der Waals surface area contributed by atoms with Gasteiger partial charge < -0.3 is 4.90 Å². The monoisotopic (exact) mass is 818 g/mol. The maximum absolute atomic E-state index is 5.17. The van der Waals surface area contributed by atoms with Crippen molar-refractivity contribution in [2.24, 2.45) is 0 Å². The standard InChI is InChI=1S/C55H34N2S3/c1-3-10-35(11-4-1)36-18-25-41(26-19-36)57(43-29-22-38(23-30-43)44-15-9-17-48-52(44)45-14-7-8-16-47(45)58-48)42-27-20-37(21-28-42)40-24-31-46-51(34-40)59-49-32-33-50-54(53(46)49)56-55(60-50)39-12-5-2-6-13-39/h1-34H. The van der Waals surface area contributed by atoms with Gasteiger partial charge in [0.05, 0.1) is 10.2 Å². The summed E-state index contributed by atoms with van der Waals surface area (Å²) in [6.07, 6.45) is 0. The SMILES string of the molecule is c1ccc(-c2ccc(N(c3ccc(-c4ccc5c(c4)sc4ccc6sc(-c7ccccc7)nc6c45)cc3)c3ccc(-c4cccc5sc6ccccc6c45)cc3)cc2)cc1. The third kappa shape index (κ3) is 6.01. The molecule has 0 spiro atoms. The van der Waals surface area contributed by atoms with E-state index in [1.807, 2.05) is 22.7 Å². The zero-order valence-electron chi connectivity index (χ0n) is 32.2. The van der Waals surface area contributed by atoms with Gasteiger partial charge in [-0.05, 0) is 100 Å². The number of benzene rings is 9. The highest BCUT2D eigenvalue weighted by atomic mass is 32.1. The van der Waals surface area contributed by atoms with Crippen molar-refractivity contribution in [3.05, 3.63) is 206 Å². The van der Waals surface area contributed by atoms with Crippen LogP contribution < -0.4 is 4.90 Å². The Morgan fingerprint density at radius 1 is 0.317 bits per heavy atom. The molecule has 0 amide bonds. The summed E-state index contributed by atoms with van der Waals surface area (Å²) in [5.74, 6) is 0. The average Bonchev–Trinajstić information content (AvgIpc) is 4.04. The lowest BCUT2D eigenvalue weighted by Gasteiger charge is -2.26. The first kappa shape index (κ1) is 35.1. The fourth-order valence-corrected chi connectivity index (χ4v) is 11.9. The molecule has 3 heterocycles. The van der Waals surface area contributed by atoms with Gasteiger partial charge in [0, 0.05) is 63.0 Å². The second-order valence-corrected chi connectivity index (χ2v) is 18.3. The predicted molar refractivity (Wildman–Crippen MR) is 262 cm³/mol. The van der Waals surface area contributed by atoms with Crippen molar-refractivity contribution in [1.82, 2.24) is 4.98 Å². The minimum absolute atomic E-state index is 1.07. The number of anilines is 3. The number of thiazole rings is 1. The second-order valence-electron chi connectivity index (χ2n) is 15.1. The van der Waals surface area contributed by atoms with E-state index in [4.69, 9.17) is 4.98 Å². The van der Waals surface area contributed by atoms with Crippen LogP contribution >= 0.6 is 34.0 Å². The number of aromatic nitrogens is 1. The van der Waals surface area contributed by atoms with Gasteiger partial charge in [0.15, 0.2) is 0 Å². The molecule has 0 unspecified atom stereocenters. The van der Waals surface area contributed by atoms with E-state index < -0.39 is 0 Å². The summed E-state index contributed by atoms with van der Waals surface area (Å²) in [4.78, 5) is 7.53. The Hall–Kier alpha value is -6.89. The first-order valence-electron chi connectivity index (χ1n) is 20.1. The van der Waals surface area contributed by atoms with Crippen LogP contribution in [0.2, 0.25) is 0 Å². The smallest absolute Gasteiger partial charge is 0.124 e. The zero-order chi connectivity index (χ0) is 39.6. The lowest BCUT2D eigenvalue weighted by atomic mass is 9.99. The Labute approximate surface area is 359 Å². The van der Waals surface area contributed by atoms with Gasteiger partial charge in [0.2, 0.25) is 0 Å². The first-order chi connectivity index (χ1) is 29.7. The number of hydrogen-bond acceptors (Lipinski definition) is 5. The van der Waals surface area contributed by atoms with E-state index in [1.54, 1.807) is 11.3 Å². The van der Waals surface area contributed by atoms with E-state index in [9.17, 15) is 0 Å². The van der Waals surface area contributed by atoms with Gasteiger partial charge in [-0.25, -0.2) is 4.98 Å². The largest absolute Gasteiger partial charge is 0.311 e. The lowest BCUT2D eigenvalue weighted by Crippen LogP contribution is -2.09. The van der Waals surface area contributed by atoms with Crippen LogP contribution in [0.25, 0.3) is 94.5 Å². The van der Waals surface area contributed by atoms with Crippen molar-refractivity contribution in [3.63, 3.8) is 0 Å². The van der Waals surface area contributed by atoms with Crippen LogP contribution in [-0.2, 0) is 0 Å². The molecule has 3 aromatic heterocycles. The quantitative estimate of drug-likeness (QED) is 0.159. The van der Waals surface area contributed by atoms with Crippen molar-refractivity contribution >= 4 is 102 Å². The van der Waals surface area contributed by atoms with Gasteiger partial charge in [-0.3, -0.25) is 0 Å². The summed E-state index contributed by atoms with van der Waals surface area (Å²) in [7, 11) is 0. The maximum atomic E-state index is 5.17. The van der Waals surface area contributed by atoms with E-state index in [1.165, 1.54) is 78.4 Å². The van der Waals surface area contributed by atoms with Gasteiger partial charge in [0.25, 0.3) is 0 Å². The third-order valence-electron chi connectivity index (χ3n) is 11.5. The van der Waals surface area contributed by atoms with Crippen LogP contribution in [0.1, 0.15) is 0 Å². The third-order valence-corrected chi connectivity index (χ3v) is 14.9. The van der Waals surface area contributed by atoms with Crippen LogP contribution in [0.5, 0.6) is 0 Å². The van der Waals surface area contributed by atoms with E-state index in [0.29, 0.717) is 0 Å². The molecule has 2 nitrogen and oxygen atoms in total. The molecule has 60 heavy (non-hydrogen) atoms. The molecule has 0 aliphatic rings. The summed E-state index contributed by atoms with van der Waals surface area (Å²) < 4.78 is 6.42. The minimum Gasteiger partial charge on any atom is -0.311 e. The van der Waals surface area contributed by atoms with Crippen LogP contribution in [-0.4, -0.2) is 4.98 Å². The topological polar surface area (TPSA) is 16.1 Å². The first-order valence-corrected chi connectivity index (χ1v) is 22.5. The van der Waals surface area contributed by atoms with Gasteiger partial charge in [-0.15, -0.1) is 34.0 Å². The number of hydrogen-bond donors (Lipinski definition) is 0. The zero-order valence-corrected chi connectivity index (χ0v) is 34.7. The predicted octanol–water partition coefficient (Wildman–Crippen LogP) is 17.2. The van der Waals surface area contributed by atoms with Gasteiger partial charge in [-0.1, -0.05) is 140 Å². The van der Waals surface area contributed by atoms with Gasteiger partial charge in [0.1, 0.15) is 5.01 Å². The number of fused-ring (bicyclic) bond motifs is 8. The molecule has 0 saturated carbocycles. The molecule has 0 bridgehead atoms. The number of rotatable bonds is 7. The van der Waals surface area contributed by atoms with Crippen molar-refractivity contribution in [2.75, 3.05) is 4.90 Å². The van der Waals surface area contributed by atoms with E-state index >= 15 is 0 Å². The van der Waals surface area contributed by atoms with Crippen LogP contribution in [0, 0.1) is 0 Å². The van der Waals surface area contributed by atoms with Crippen LogP contribution in [0.15, 0.2) is 206 Å². The lowest BCUT2D eigenvalue weighted by molar-refractivity contribution is 1.28. The highest BCUT2D eigenvalue weighted by Gasteiger charge is 2.17. The Bertz CT molecular complexity index is 3510. The molecule has 0 aliphatic carbocycles. The minimum atomic E-state index is 1.07. The molecule has 0 radical (unpaired) electrons. The summed E-state index contributed by atoms with van der Waals surface area (Å²) >= 11 is 5.48. The van der Waals surface area contributed by atoms with Crippen molar-refractivity contribution in [3.8, 4) is 44.0 Å².